The molecule has 0 atom stereocenters. The monoisotopic (exact) mass is 271 g/mol. The molecular formula is C17H21NO2. The van der Waals surface area contributed by atoms with E-state index in [0.717, 1.165) is 11.3 Å². The van der Waals surface area contributed by atoms with Gasteiger partial charge in [-0.25, -0.2) is 0 Å². The Morgan fingerprint density at radius 2 is 2.05 bits per heavy atom. The number of methoxy groups -OCH3 is 1. The quantitative estimate of drug-likeness (QED) is 0.660. The first-order chi connectivity index (χ1) is 9.61. The van der Waals surface area contributed by atoms with Gasteiger partial charge in [0.1, 0.15) is 5.75 Å². The molecule has 0 radical (unpaired) electrons. The van der Waals surface area contributed by atoms with Crippen molar-refractivity contribution in [1.29, 1.82) is 0 Å². The maximum atomic E-state index is 11.4. The first kappa shape index (κ1) is 15.8. The van der Waals surface area contributed by atoms with Crippen molar-refractivity contribution in [1.82, 2.24) is 5.32 Å². The van der Waals surface area contributed by atoms with Crippen LogP contribution in [0.25, 0.3) is 0 Å². The highest BCUT2D eigenvalue weighted by Gasteiger charge is 1.96. The predicted octanol–water partition coefficient (Wildman–Crippen LogP) is 2.57. The van der Waals surface area contributed by atoms with Crippen LogP contribution in [-0.4, -0.2) is 19.6 Å². The SMILES string of the molecule is COc1ccc(CC#C/C=C/C(=O)NCC(C)C)cc1. The van der Waals surface area contributed by atoms with Crippen molar-refractivity contribution in [3.05, 3.63) is 42.0 Å². The van der Waals surface area contributed by atoms with Gasteiger partial charge in [-0.2, -0.15) is 0 Å². The summed E-state index contributed by atoms with van der Waals surface area (Å²) >= 11 is 0. The van der Waals surface area contributed by atoms with Crippen LogP contribution in [0.15, 0.2) is 36.4 Å². The molecule has 0 saturated heterocycles. The molecular weight excluding hydrogens is 250 g/mol. The molecule has 0 unspecified atom stereocenters. The molecule has 0 spiro atoms. The zero-order valence-corrected chi connectivity index (χ0v) is 12.3. The summed E-state index contributed by atoms with van der Waals surface area (Å²) in [5.41, 5.74) is 1.12. The molecule has 1 rings (SSSR count). The number of ether oxygens (including phenoxy) is 1. The summed E-state index contributed by atoms with van der Waals surface area (Å²) in [4.78, 5) is 11.4. The van der Waals surface area contributed by atoms with Crippen LogP contribution in [0.2, 0.25) is 0 Å². The van der Waals surface area contributed by atoms with Gasteiger partial charge in [0.15, 0.2) is 0 Å². The molecule has 0 saturated carbocycles. The lowest BCUT2D eigenvalue weighted by atomic mass is 10.1. The van der Waals surface area contributed by atoms with Crippen LogP contribution in [0, 0.1) is 17.8 Å². The standard InChI is InChI=1S/C17H21NO2/c1-14(2)13-18-17(19)8-6-4-5-7-15-9-11-16(20-3)12-10-15/h6,8-12,14H,7,13H2,1-3H3,(H,18,19)/b8-6+. The summed E-state index contributed by atoms with van der Waals surface area (Å²) < 4.78 is 5.09. The molecule has 0 fully saturated rings. The number of benzene rings is 1. The number of nitrogens with one attached hydrogen (secondary N) is 1. The summed E-state index contributed by atoms with van der Waals surface area (Å²) in [6.07, 6.45) is 3.70. The lowest BCUT2D eigenvalue weighted by Gasteiger charge is -2.03. The Morgan fingerprint density at radius 3 is 2.65 bits per heavy atom. The number of hydrogen-bond donors (Lipinski definition) is 1. The average molecular weight is 271 g/mol. The van der Waals surface area contributed by atoms with Gasteiger partial charge in [0.05, 0.1) is 7.11 Å². The molecule has 106 valence electrons. The molecule has 0 aliphatic heterocycles. The fraction of sp³-hybridized carbons (Fsp3) is 0.353. The van der Waals surface area contributed by atoms with Crippen LogP contribution in [0.3, 0.4) is 0 Å². The fourth-order valence-electron chi connectivity index (χ4n) is 1.44. The fourth-order valence-corrected chi connectivity index (χ4v) is 1.44. The Kier molecular flexibility index (Phi) is 6.99. The normalized spacial score (nSPS) is 10.2. The molecule has 1 amide bonds. The molecule has 20 heavy (non-hydrogen) atoms. The first-order valence-electron chi connectivity index (χ1n) is 6.67. The van der Waals surface area contributed by atoms with Gasteiger partial charge in [-0.05, 0) is 29.7 Å². The minimum atomic E-state index is -0.0996. The first-order valence-corrected chi connectivity index (χ1v) is 6.67. The van der Waals surface area contributed by atoms with Gasteiger partial charge in [0.25, 0.3) is 0 Å². The summed E-state index contributed by atoms with van der Waals surface area (Å²) in [6.45, 7) is 4.79. The molecule has 0 aromatic heterocycles. The van der Waals surface area contributed by atoms with Crippen molar-refractivity contribution in [2.45, 2.75) is 20.3 Å². The van der Waals surface area contributed by atoms with E-state index in [-0.39, 0.29) is 5.91 Å². The molecule has 1 N–H and O–H groups in total. The molecule has 0 bridgehead atoms. The second-order valence-corrected chi connectivity index (χ2v) is 4.82. The Bertz CT molecular complexity index is 504. The van der Waals surface area contributed by atoms with E-state index in [4.69, 9.17) is 4.74 Å². The van der Waals surface area contributed by atoms with E-state index in [2.05, 4.69) is 31.0 Å². The third-order valence-corrected chi connectivity index (χ3v) is 2.56. The Hall–Kier alpha value is -2.21. The summed E-state index contributed by atoms with van der Waals surface area (Å²) in [5.74, 6) is 7.05. The van der Waals surface area contributed by atoms with Crippen molar-refractivity contribution in [3.8, 4) is 17.6 Å². The number of hydrogen-bond acceptors (Lipinski definition) is 2. The number of rotatable bonds is 5. The second kappa shape index (κ2) is 8.82. The molecule has 1 aromatic rings. The Morgan fingerprint density at radius 1 is 1.35 bits per heavy atom. The molecule has 0 aliphatic rings. The van der Waals surface area contributed by atoms with E-state index in [1.54, 1.807) is 13.2 Å². The highest BCUT2D eigenvalue weighted by atomic mass is 16.5. The third-order valence-electron chi connectivity index (χ3n) is 2.56. The minimum Gasteiger partial charge on any atom is -0.497 e. The van der Waals surface area contributed by atoms with Crippen molar-refractivity contribution in [2.75, 3.05) is 13.7 Å². The van der Waals surface area contributed by atoms with Crippen molar-refractivity contribution in [3.63, 3.8) is 0 Å². The van der Waals surface area contributed by atoms with Gasteiger partial charge in [-0.3, -0.25) is 4.79 Å². The maximum absolute atomic E-state index is 11.4. The number of carbonyl (C=O) groups is 1. The summed E-state index contributed by atoms with van der Waals surface area (Å²) in [7, 11) is 1.64. The summed E-state index contributed by atoms with van der Waals surface area (Å²) in [5, 5.41) is 2.80. The number of allylic oxidation sites excluding steroid dienone is 1. The number of amides is 1. The van der Waals surface area contributed by atoms with Crippen LogP contribution in [-0.2, 0) is 11.2 Å². The van der Waals surface area contributed by atoms with E-state index >= 15 is 0 Å². The Balaban J connectivity index is 2.36. The summed E-state index contributed by atoms with van der Waals surface area (Å²) in [6, 6.07) is 7.78. The minimum absolute atomic E-state index is 0.0996. The van der Waals surface area contributed by atoms with Crippen LogP contribution in [0.1, 0.15) is 19.4 Å². The van der Waals surface area contributed by atoms with Crippen LogP contribution in [0.4, 0.5) is 0 Å². The largest absolute Gasteiger partial charge is 0.497 e. The molecule has 3 nitrogen and oxygen atoms in total. The zero-order chi connectivity index (χ0) is 14.8. The van der Waals surface area contributed by atoms with Gasteiger partial charge in [-0.15, -0.1) is 0 Å². The Labute approximate surface area is 121 Å². The topological polar surface area (TPSA) is 38.3 Å². The highest BCUT2D eigenvalue weighted by molar-refractivity contribution is 5.87. The van der Waals surface area contributed by atoms with Gasteiger partial charge >= 0.3 is 0 Å². The lowest BCUT2D eigenvalue weighted by Crippen LogP contribution is -2.25. The van der Waals surface area contributed by atoms with E-state index < -0.39 is 0 Å². The van der Waals surface area contributed by atoms with Crippen molar-refractivity contribution in [2.24, 2.45) is 5.92 Å². The lowest BCUT2D eigenvalue weighted by molar-refractivity contribution is -0.116. The van der Waals surface area contributed by atoms with E-state index in [0.29, 0.717) is 18.9 Å². The van der Waals surface area contributed by atoms with Crippen LogP contribution < -0.4 is 10.1 Å². The van der Waals surface area contributed by atoms with Crippen molar-refractivity contribution >= 4 is 5.91 Å². The van der Waals surface area contributed by atoms with Crippen molar-refractivity contribution < 1.29 is 9.53 Å². The van der Waals surface area contributed by atoms with E-state index in [1.165, 1.54) is 6.08 Å². The van der Waals surface area contributed by atoms with Crippen LogP contribution in [0.5, 0.6) is 5.75 Å². The van der Waals surface area contributed by atoms with E-state index in [1.807, 2.05) is 24.3 Å². The molecule has 0 aliphatic carbocycles. The smallest absolute Gasteiger partial charge is 0.244 e. The van der Waals surface area contributed by atoms with Gasteiger partial charge < -0.3 is 10.1 Å². The van der Waals surface area contributed by atoms with E-state index in [9.17, 15) is 4.79 Å². The van der Waals surface area contributed by atoms with Gasteiger partial charge in [-0.1, -0.05) is 37.8 Å². The average Bonchev–Trinajstić information content (AvgIpc) is 2.45. The maximum Gasteiger partial charge on any atom is 0.244 e. The predicted molar refractivity (Wildman–Crippen MR) is 81.5 cm³/mol. The zero-order valence-electron chi connectivity index (χ0n) is 12.3. The molecule has 0 heterocycles. The molecule has 3 heteroatoms. The van der Waals surface area contributed by atoms with Crippen LogP contribution >= 0.6 is 0 Å². The third kappa shape index (κ3) is 6.65. The highest BCUT2D eigenvalue weighted by Crippen LogP contribution is 2.11. The van der Waals surface area contributed by atoms with Gasteiger partial charge in [0.2, 0.25) is 5.91 Å². The van der Waals surface area contributed by atoms with Gasteiger partial charge in [0, 0.05) is 19.0 Å². The molecule has 1 aromatic carbocycles. The second-order valence-electron chi connectivity index (χ2n) is 4.82. The number of carbonyl (C=O) groups excluding carboxylic acids is 1.